The number of nitrogens with zero attached hydrogens (tertiary/aromatic N) is 1. The van der Waals surface area contributed by atoms with Crippen molar-refractivity contribution in [3.63, 3.8) is 0 Å². The summed E-state index contributed by atoms with van der Waals surface area (Å²) in [5.41, 5.74) is 7.59. The predicted octanol–water partition coefficient (Wildman–Crippen LogP) is 1.88. The van der Waals surface area contributed by atoms with E-state index in [0.29, 0.717) is 12.5 Å². The molecule has 2 atom stereocenters. The molecule has 4 nitrogen and oxygen atoms in total. The van der Waals surface area contributed by atoms with Crippen molar-refractivity contribution in [3.8, 4) is 0 Å². The van der Waals surface area contributed by atoms with Crippen LogP contribution in [0.15, 0.2) is 24.3 Å². The second-order valence-corrected chi connectivity index (χ2v) is 6.44. The van der Waals surface area contributed by atoms with E-state index >= 15 is 0 Å². The Morgan fingerprint density at radius 1 is 1.45 bits per heavy atom. The van der Waals surface area contributed by atoms with Gasteiger partial charge in [-0.15, -0.1) is 0 Å². The van der Waals surface area contributed by atoms with Crippen LogP contribution in [-0.2, 0) is 11.2 Å². The van der Waals surface area contributed by atoms with Crippen LogP contribution in [0.1, 0.15) is 25.3 Å². The monoisotopic (exact) mass is 274 g/mol. The minimum Gasteiger partial charge on any atom is -0.480 e. The topological polar surface area (TPSA) is 66.6 Å². The molecule has 1 fully saturated rings. The number of hydrogen-bond acceptors (Lipinski definition) is 3. The molecule has 2 aliphatic rings. The highest BCUT2D eigenvalue weighted by Crippen LogP contribution is 2.40. The second-order valence-electron chi connectivity index (χ2n) is 6.44. The third kappa shape index (κ3) is 2.29. The van der Waals surface area contributed by atoms with E-state index in [4.69, 9.17) is 5.73 Å². The molecule has 20 heavy (non-hydrogen) atoms. The molecule has 1 heterocycles. The lowest BCUT2D eigenvalue weighted by Crippen LogP contribution is -2.59. The van der Waals surface area contributed by atoms with Gasteiger partial charge in [-0.3, -0.25) is 4.79 Å². The van der Waals surface area contributed by atoms with Gasteiger partial charge in [0.25, 0.3) is 0 Å². The van der Waals surface area contributed by atoms with Gasteiger partial charge >= 0.3 is 5.97 Å². The van der Waals surface area contributed by atoms with Gasteiger partial charge in [-0.25, -0.2) is 0 Å². The predicted molar refractivity (Wildman–Crippen MR) is 78.8 cm³/mol. The molecular weight excluding hydrogens is 252 g/mol. The summed E-state index contributed by atoms with van der Waals surface area (Å²) < 4.78 is 0. The molecule has 3 rings (SSSR count). The van der Waals surface area contributed by atoms with Crippen LogP contribution < -0.4 is 10.6 Å². The molecule has 2 unspecified atom stereocenters. The molecule has 1 saturated carbocycles. The van der Waals surface area contributed by atoms with E-state index in [-0.39, 0.29) is 5.92 Å². The molecule has 0 spiro atoms. The van der Waals surface area contributed by atoms with Crippen molar-refractivity contribution < 1.29 is 9.90 Å². The second kappa shape index (κ2) is 4.77. The number of fused-ring (bicyclic) bond motifs is 1. The number of benzene rings is 1. The van der Waals surface area contributed by atoms with Gasteiger partial charge in [-0.2, -0.15) is 0 Å². The Hall–Kier alpha value is -1.55. The highest BCUT2D eigenvalue weighted by atomic mass is 16.4. The summed E-state index contributed by atoms with van der Waals surface area (Å²) in [7, 11) is 0. The van der Waals surface area contributed by atoms with E-state index in [1.807, 2.05) is 12.1 Å². The first-order valence-electron chi connectivity index (χ1n) is 7.36. The lowest BCUT2D eigenvalue weighted by molar-refractivity contribution is -0.143. The molecule has 1 aliphatic heterocycles. The normalized spacial score (nSPS) is 24.9. The summed E-state index contributed by atoms with van der Waals surface area (Å²) in [4.78, 5) is 13.8. The van der Waals surface area contributed by atoms with Crippen molar-refractivity contribution in [1.29, 1.82) is 0 Å². The van der Waals surface area contributed by atoms with Gasteiger partial charge in [0.05, 0.1) is 0 Å². The van der Waals surface area contributed by atoms with Gasteiger partial charge < -0.3 is 15.7 Å². The minimum atomic E-state index is -1.11. The number of hydrogen-bond donors (Lipinski definition) is 2. The van der Waals surface area contributed by atoms with Crippen LogP contribution in [0.5, 0.6) is 0 Å². The maximum Gasteiger partial charge on any atom is 0.325 e. The Morgan fingerprint density at radius 3 is 2.80 bits per heavy atom. The Labute approximate surface area is 119 Å². The Balaban J connectivity index is 1.88. The highest BCUT2D eigenvalue weighted by molar-refractivity contribution is 5.81. The number of carboxylic acid groups (broad SMARTS) is 1. The standard InChI is InChI=1S/C16H22N2O2/c1-11-8-12-4-2-3-5-14(12)18(9-11)10-16(17,15(19)20)13-6-7-13/h2-5,11,13H,6-10,17H2,1H3,(H,19,20). The maximum absolute atomic E-state index is 11.6. The molecule has 1 aliphatic carbocycles. The average molecular weight is 274 g/mol. The maximum atomic E-state index is 11.6. The first kappa shape index (κ1) is 13.4. The Kier molecular flexibility index (Phi) is 3.21. The molecule has 108 valence electrons. The number of carbonyl (C=O) groups is 1. The van der Waals surface area contributed by atoms with E-state index in [0.717, 1.165) is 31.5 Å². The van der Waals surface area contributed by atoms with Crippen LogP contribution in [0.3, 0.4) is 0 Å². The summed E-state index contributed by atoms with van der Waals surface area (Å²) in [5.74, 6) is -0.206. The van der Waals surface area contributed by atoms with Crippen LogP contribution in [0.25, 0.3) is 0 Å². The molecule has 1 aromatic carbocycles. The van der Waals surface area contributed by atoms with E-state index in [1.165, 1.54) is 5.56 Å². The van der Waals surface area contributed by atoms with Gasteiger partial charge in [0, 0.05) is 18.8 Å². The van der Waals surface area contributed by atoms with Gasteiger partial charge in [0.1, 0.15) is 5.54 Å². The molecule has 0 amide bonds. The Bertz CT molecular complexity index is 527. The lowest BCUT2D eigenvalue weighted by Gasteiger charge is -2.39. The first-order chi connectivity index (χ1) is 9.50. The molecular formula is C16H22N2O2. The molecule has 0 saturated heterocycles. The SMILES string of the molecule is CC1Cc2ccccc2N(CC(N)(C(=O)O)C2CC2)C1. The number of para-hydroxylation sites is 1. The molecule has 0 bridgehead atoms. The van der Waals surface area contributed by atoms with Crippen molar-refractivity contribution in [1.82, 2.24) is 0 Å². The van der Waals surface area contributed by atoms with Crippen LogP contribution in [-0.4, -0.2) is 29.7 Å². The quantitative estimate of drug-likeness (QED) is 0.879. The van der Waals surface area contributed by atoms with Gasteiger partial charge in [-0.05, 0) is 42.7 Å². The molecule has 0 aromatic heterocycles. The smallest absolute Gasteiger partial charge is 0.325 e. The largest absolute Gasteiger partial charge is 0.480 e. The number of nitrogens with two attached hydrogens (primary N) is 1. The number of rotatable bonds is 4. The third-order valence-corrected chi connectivity index (χ3v) is 4.59. The van der Waals surface area contributed by atoms with Gasteiger partial charge in [-0.1, -0.05) is 25.1 Å². The zero-order valence-electron chi connectivity index (χ0n) is 11.9. The van der Waals surface area contributed by atoms with Crippen LogP contribution in [0.4, 0.5) is 5.69 Å². The van der Waals surface area contributed by atoms with Crippen molar-refractivity contribution in [2.75, 3.05) is 18.0 Å². The number of carboxylic acids is 1. The van der Waals surface area contributed by atoms with Crippen LogP contribution >= 0.6 is 0 Å². The lowest BCUT2D eigenvalue weighted by atomic mass is 9.89. The summed E-state index contributed by atoms with van der Waals surface area (Å²) in [6.07, 6.45) is 2.93. The molecule has 3 N–H and O–H groups in total. The zero-order chi connectivity index (χ0) is 14.3. The Morgan fingerprint density at radius 2 is 2.15 bits per heavy atom. The number of anilines is 1. The molecule has 0 radical (unpaired) electrons. The fourth-order valence-electron chi connectivity index (χ4n) is 3.34. The molecule has 4 heteroatoms. The van der Waals surface area contributed by atoms with Crippen molar-refractivity contribution in [2.45, 2.75) is 31.7 Å². The van der Waals surface area contributed by atoms with Crippen LogP contribution in [0, 0.1) is 11.8 Å². The van der Waals surface area contributed by atoms with Crippen molar-refractivity contribution in [2.24, 2.45) is 17.6 Å². The van der Waals surface area contributed by atoms with Gasteiger partial charge in [0.2, 0.25) is 0 Å². The number of aliphatic carboxylic acids is 1. The summed E-state index contributed by atoms with van der Waals surface area (Å²) in [6.45, 7) is 3.50. The third-order valence-electron chi connectivity index (χ3n) is 4.59. The fourth-order valence-corrected chi connectivity index (χ4v) is 3.34. The van der Waals surface area contributed by atoms with E-state index in [2.05, 4.69) is 24.0 Å². The molecule has 1 aromatic rings. The zero-order valence-corrected chi connectivity index (χ0v) is 11.9. The summed E-state index contributed by atoms with van der Waals surface area (Å²) in [6, 6.07) is 8.27. The average Bonchev–Trinajstić information content (AvgIpc) is 3.22. The van der Waals surface area contributed by atoms with E-state index < -0.39 is 11.5 Å². The van der Waals surface area contributed by atoms with Gasteiger partial charge in [0.15, 0.2) is 0 Å². The van der Waals surface area contributed by atoms with E-state index in [9.17, 15) is 9.90 Å². The first-order valence-corrected chi connectivity index (χ1v) is 7.36. The minimum absolute atomic E-state index is 0.129. The van der Waals surface area contributed by atoms with Crippen molar-refractivity contribution in [3.05, 3.63) is 29.8 Å². The highest BCUT2D eigenvalue weighted by Gasteiger charge is 2.49. The fraction of sp³-hybridized carbons (Fsp3) is 0.562. The van der Waals surface area contributed by atoms with Crippen LogP contribution in [0.2, 0.25) is 0 Å². The summed E-state index contributed by atoms with van der Waals surface area (Å²) in [5, 5.41) is 9.54. The summed E-state index contributed by atoms with van der Waals surface area (Å²) >= 11 is 0. The van der Waals surface area contributed by atoms with Crippen molar-refractivity contribution >= 4 is 11.7 Å². The van der Waals surface area contributed by atoms with E-state index in [1.54, 1.807) is 0 Å².